The fraction of sp³-hybridized carbons (Fsp3) is 0.0556. The highest BCUT2D eigenvalue weighted by molar-refractivity contribution is 7.74. The molecular formula is C18H15O4P. The average molecular weight is 326 g/mol. The summed E-state index contributed by atoms with van der Waals surface area (Å²) in [5.74, 6) is 0.271. The van der Waals surface area contributed by atoms with Crippen LogP contribution in [0.25, 0.3) is 0 Å². The van der Waals surface area contributed by atoms with Crippen molar-refractivity contribution in [1.82, 2.24) is 0 Å². The molecule has 0 saturated heterocycles. The molecule has 0 aliphatic carbocycles. The summed E-state index contributed by atoms with van der Waals surface area (Å²) in [6.07, 6.45) is 1.29. The summed E-state index contributed by atoms with van der Waals surface area (Å²) in [4.78, 5) is 12.1. The van der Waals surface area contributed by atoms with E-state index in [2.05, 4.69) is 0 Å². The van der Waals surface area contributed by atoms with Crippen molar-refractivity contribution in [3.8, 4) is 5.75 Å². The van der Waals surface area contributed by atoms with Crippen LogP contribution in [0.2, 0.25) is 0 Å². The molecule has 0 spiro atoms. The summed E-state index contributed by atoms with van der Waals surface area (Å²) in [6, 6.07) is 19.0. The molecule has 0 radical (unpaired) electrons. The number of benzene rings is 2. The summed E-state index contributed by atoms with van der Waals surface area (Å²) in [5.41, 5.74) is -0.360. The maximum Gasteiger partial charge on any atom is 0.307 e. The molecule has 0 bridgehead atoms. The minimum Gasteiger partial charge on any atom is -0.465 e. The molecule has 0 aliphatic rings. The predicted octanol–water partition coefficient (Wildman–Crippen LogP) is 3.26. The molecule has 1 aromatic heterocycles. The quantitative estimate of drug-likeness (QED) is 0.691. The smallest absolute Gasteiger partial charge is 0.307 e. The molecule has 4 nitrogen and oxygen atoms in total. The summed E-state index contributed by atoms with van der Waals surface area (Å²) < 4.78 is 24.7. The molecule has 23 heavy (non-hydrogen) atoms. The highest BCUT2D eigenvalue weighted by Gasteiger charge is 2.31. The van der Waals surface area contributed by atoms with Crippen LogP contribution < -0.4 is 20.6 Å². The lowest BCUT2D eigenvalue weighted by Crippen LogP contribution is -2.22. The van der Waals surface area contributed by atoms with Gasteiger partial charge in [-0.15, -0.1) is 0 Å². The van der Waals surface area contributed by atoms with Gasteiger partial charge < -0.3 is 8.94 Å². The van der Waals surface area contributed by atoms with Gasteiger partial charge in [0.1, 0.15) is 5.76 Å². The molecule has 3 rings (SSSR count). The van der Waals surface area contributed by atoms with E-state index in [1.165, 1.54) is 12.3 Å². The number of hydrogen-bond donors (Lipinski definition) is 0. The van der Waals surface area contributed by atoms with E-state index in [1.807, 2.05) is 12.1 Å². The largest absolute Gasteiger partial charge is 0.465 e. The first-order valence-electron chi connectivity index (χ1n) is 7.10. The third-order valence-electron chi connectivity index (χ3n) is 3.42. The maximum absolute atomic E-state index is 13.7. The van der Waals surface area contributed by atoms with Gasteiger partial charge in [0.05, 0.1) is 16.9 Å². The summed E-state index contributed by atoms with van der Waals surface area (Å²) in [5, 5.41) is 1.04. The van der Waals surface area contributed by atoms with Crippen LogP contribution in [0.5, 0.6) is 5.75 Å². The Morgan fingerprint density at radius 1 is 0.870 bits per heavy atom. The molecule has 0 fully saturated rings. The molecule has 2 aromatic carbocycles. The SMILES string of the molecule is Cc1occc(=O)c1OP(=O)(c1ccccc1)c1ccccc1. The van der Waals surface area contributed by atoms with Gasteiger partial charge >= 0.3 is 7.37 Å². The normalized spacial score (nSPS) is 11.2. The maximum atomic E-state index is 13.7. The Balaban J connectivity index is 2.18. The first-order valence-corrected chi connectivity index (χ1v) is 8.73. The third kappa shape index (κ3) is 2.99. The van der Waals surface area contributed by atoms with Crippen molar-refractivity contribution >= 4 is 18.0 Å². The fourth-order valence-corrected chi connectivity index (χ4v) is 4.36. The van der Waals surface area contributed by atoms with Crippen molar-refractivity contribution in [1.29, 1.82) is 0 Å². The Labute approximate surface area is 133 Å². The van der Waals surface area contributed by atoms with Gasteiger partial charge in [0.25, 0.3) is 0 Å². The van der Waals surface area contributed by atoms with Gasteiger partial charge in [-0.2, -0.15) is 0 Å². The molecule has 5 heteroatoms. The highest BCUT2D eigenvalue weighted by Crippen LogP contribution is 2.44. The van der Waals surface area contributed by atoms with E-state index >= 15 is 0 Å². The van der Waals surface area contributed by atoms with Crippen molar-refractivity contribution in [2.45, 2.75) is 6.92 Å². The van der Waals surface area contributed by atoms with Crippen molar-refractivity contribution in [2.75, 3.05) is 0 Å². The predicted molar refractivity (Wildman–Crippen MR) is 90.1 cm³/mol. The lowest BCUT2D eigenvalue weighted by molar-refractivity contribution is 0.450. The zero-order chi connectivity index (χ0) is 16.3. The van der Waals surface area contributed by atoms with Crippen LogP contribution in [-0.4, -0.2) is 0 Å². The van der Waals surface area contributed by atoms with Crippen LogP contribution in [0.15, 0.2) is 82.2 Å². The van der Waals surface area contributed by atoms with E-state index in [1.54, 1.807) is 55.5 Å². The Kier molecular flexibility index (Phi) is 4.18. The van der Waals surface area contributed by atoms with Gasteiger partial charge in [0.15, 0.2) is 0 Å². The molecule has 0 N–H and O–H groups in total. The Morgan fingerprint density at radius 2 is 1.39 bits per heavy atom. The Morgan fingerprint density at radius 3 is 1.87 bits per heavy atom. The lowest BCUT2D eigenvalue weighted by Gasteiger charge is -2.20. The van der Waals surface area contributed by atoms with Crippen LogP contribution in [0.3, 0.4) is 0 Å². The van der Waals surface area contributed by atoms with Gasteiger partial charge in [-0.25, -0.2) is 0 Å². The molecule has 0 aliphatic heterocycles. The van der Waals surface area contributed by atoms with E-state index in [9.17, 15) is 9.36 Å². The first kappa shape index (κ1) is 15.3. The summed E-state index contributed by atoms with van der Waals surface area (Å²) in [6.45, 7) is 1.61. The van der Waals surface area contributed by atoms with E-state index in [0.717, 1.165) is 0 Å². The Bertz CT molecular complexity index is 858. The second kappa shape index (κ2) is 6.27. The van der Waals surface area contributed by atoms with Crippen molar-refractivity contribution in [2.24, 2.45) is 0 Å². The number of rotatable bonds is 4. The van der Waals surface area contributed by atoms with Gasteiger partial charge in [0.2, 0.25) is 11.2 Å². The number of hydrogen-bond acceptors (Lipinski definition) is 4. The van der Waals surface area contributed by atoms with Gasteiger partial charge in [0, 0.05) is 6.07 Å². The minimum absolute atomic E-state index is 0.0245. The fourth-order valence-electron chi connectivity index (χ4n) is 2.24. The van der Waals surface area contributed by atoms with Crippen LogP contribution in [0, 0.1) is 6.92 Å². The zero-order valence-corrected chi connectivity index (χ0v) is 13.4. The second-order valence-electron chi connectivity index (χ2n) is 4.98. The molecule has 0 saturated carbocycles. The third-order valence-corrected chi connectivity index (χ3v) is 5.82. The van der Waals surface area contributed by atoms with Gasteiger partial charge in [-0.05, 0) is 31.2 Å². The van der Waals surface area contributed by atoms with Crippen LogP contribution >= 0.6 is 7.37 Å². The van der Waals surface area contributed by atoms with Gasteiger partial charge in [-0.3, -0.25) is 9.36 Å². The minimum atomic E-state index is -3.46. The zero-order valence-electron chi connectivity index (χ0n) is 12.5. The first-order chi connectivity index (χ1) is 11.1. The Hall–Kier alpha value is -2.58. The molecule has 0 unspecified atom stereocenters. The summed E-state index contributed by atoms with van der Waals surface area (Å²) in [7, 11) is -3.46. The molecular weight excluding hydrogens is 311 g/mol. The van der Waals surface area contributed by atoms with Crippen molar-refractivity contribution in [3.05, 3.63) is 89.0 Å². The van der Waals surface area contributed by atoms with Crippen LogP contribution in [-0.2, 0) is 4.57 Å². The molecule has 116 valence electrons. The average Bonchev–Trinajstić information content (AvgIpc) is 2.60. The van der Waals surface area contributed by atoms with E-state index in [0.29, 0.717) is 16.4 Å². The van der Waals surface area contributed by atoms with E-state index in [4.69, 9.17) is 8.94 Å². The topological polar surface area (TPSA) is 56.5 Å². The van der Waals surface area contributed by atoms with E-state index < -0.39 is 7.37 Å². The molecule has 0 amide bonds. The lowest BCUT2D eigenvalue weighted by atomic mass is 10.4. The molecule has 0 atom stereocenters. The second-order valence-corrected chi connectivity index (χ2v) is 7.30. The van der Waals surface area contributed by atoms with Crippen LogP contribution in [0.1, 0.15) is 5.76 Å². The van der Waals surface area contributed by atoms with Crippen molar-refractivity contribution in [3.63, 3.8) is 0 Å². The monoisotopic (exact) mass is 326 g/mol. The number of aryl methyl sites for hydroxylation is 1. The van der Waals surface area contributed by atoms with Crippen LogP contribution in [0.4, 0.5) is 0 Å². The van der Waals surface area contributed by atoms with E-state index in [-0.39, 0.29) is 11.2 Å². The summed E-state index contributed by atoms with van der Waals surface area (Å²) >= 11 is 0. The molecule has 3 aromatic rings. The van der Waals surface area contributed by atoms with Gasteiger partial charge in [-0.1, -0.05) is 36.4 Å². The standard InChI is InChI=1S/C18H15O4P/c1-14-18(17(19)12-13-21-14)22-23(20,15-8-4-2-5-9-15)16-10-6-3-7-11-16/h2-13H,1H3. The van der Waals surface area contributed by atoms with Crippen molar-refractivity contribution < 1.29 is 13.5 Å². The highest BCUT2D eigenvalue weighted by atomic mass is 31.2. The molecule has 1 heterocycles.